The van der Waals surface area contributed by atoms with Gasteiger partial charge in [0.2, 0.25) is 5.91 Å². The summed E-state index contributed by atoms with van der Waals surface area (Å²) in [5.74, 6) is 0.477. The minimum atomic E-state index is -0.0447. The van der Waals surface area contributed by atoms with Crippen LogP contribution in [-0.2, 0) is 11.3 Å². The molecule has 0 aromatic carbocycles. The number of nitrogens with two attached hydrogens (primary N) is 1. The Kier molecular flexibility index (Phi) is 5.70. The number of rotatable bonds is 5. The van der Waals surface area contributed by atoms with Crippen molar-refractivity contribution in [3.63, 3.8) is 0 Å². The normalized spacial score (nSPS) is 18.0. The highest BCUT2D eigenvalue weighted by Crippen LogP contribution is 2.15. The predicted octanol–water partition coefficient (Wildman–Crippen LogP) is 0.957. The van der Waals surface area contributed by atoms with E-state index in [2.05, 4.69) is 23.7 Å². The lowest BCUT2D eigenvalue weighted by atomic mass is 9.94. The van der Waals surface area contributed by atoms with E-state index >= 15 is 0 Å². The van der Waals surface area contributed by atoms with Gasteiger partial charge in [-0.3, -0.25) is 14.7 Å². The molecule has 1 unspecified atom stereocenters. The van der Waals surface area contributed by atoms with E-state index in [0.29, 0.717) is 12.5 Å². The summed E-state index contributed by atoms with van der Waals surface area (Å²) in [4.78, 5) is 20.8. The summed E-state index contributed by atoms with van der Waals surface area (Å²) in [7, 11) is 0. The monoisotopic (exact) mass is 290 g/mol. The molecular weight excluding hydrogens is 264 g/mol. The molecule has 1 aromatic heterocycles. The van der Waals surface area contributed by atoms with E-state index < -0.39 is 0 Å². The topological polar surface area (TPSA) is 62.5 Å². The summed E-state index contributed by atoms with van der Waals surface area (Å²) >= 11 is 0. The van der Waals surface area contributed by atoms with Gasteiger partial charge in [-0.25, -0.2) is 0 Å². The summed E-state index contributed by atoms with van der Waals surface area (Å²) in [5, 5.41) is 0. The molecular formula is C16H26N4O. The molecule has 0 radical (unpaired) electrons. The van der Waals surface area contributed by atoms with Crippen LogP contribution in [0.15, 0.2) is 24.5 Å². The van der Waals surface area contributed by atoms with E-state index in [0.717, 1.165) is 32.7 Å². The molecule has 5 heteroatoms. The maximum absolute atomic E-state index is 12.5. The summed E-state index contributed by atoms with van der Waals surface area (Å²) in [5.41, 5.74) is 7.02. The second-order valence-electron chi connectivity index (χ2n) is 6.04. The molecule has 2 heterocycles. The lowest BCUT2D eigenvalue weighted by Gasteiger charge is -2.37. The van der Waals surface area contributed by atoms with Crippen molar-refractivity contribution in [2.75, 3.05) is 32.7 Å². The minimum absolute atomic E-state index is 0.0447. The van der Waals surface area contributed by atoms with E-state index in [1.54, 1.807) is 0 Å². The van der Waals surface area contributed by atoms with Crippen LogP contribution in [0.2, 0.25) is 0 Å². The van der Waals surface area contributed by atoms with Gasteiger partial charge < -0.3 is 10.6 Å². The van der Waals surface area contributed by atoms with Gasteiger partial charge in [0.05, 0.1) is 5.92 Å². The zero-order chi connectivity index (χ0) is 15.2. The van der Waals surface area contributed by atoms with Gasteiger partial charge in [0.1, 0.15) is 0 Å². The standard InChI is InChI=1S/C16H26N4O/c1-13(2)15(11-17)16(21)20-9-7-19(8-10-20)12-14-3-5-18-6-4-14/h3-6,13,15H,7-12,17H2,1-2H3. The highest BCUT2D eigenvalue weighted by atomic mass is 16.2. The number of amides is 1. The van der Waals surface area contributed by atoms with Crippen LogP contribution < -0.4 is 5.73 Å². The van der Waals surface area contributed by atoms with Crippen LogP contribution in [-0.4, -0.2) is 53.4 Å². The Hall–Kier alpha value is -1.46. The quantitative estimate of drug-likeness (QED) is 0.877. The molecule has 5 nitrogen and oxygen atoms in total. The molecule has 1 atom stereocenters. The number of carbonyl (C=O) groups excluding carboxylic acids is 1. The molecule has 2 rings (SSSR count). The molecule has 0 aliphatic carbocycles. The lowest BCUT2D eigenvalue weighted by molar-refractivity contribution is -0.138. The third-order valence-electron chi connectivity index (χ3n) is 4.22. The van der Waals surface area contributed by atoms with Crippen molar-refractivity contribution in [1.82, 2.24) is 14.8 Å². The fraction of sp³-hybridized carbons (Fsp3) is 0.625. The summed E-state index contributed by atoms with van der Waals surface area (Å²) in [6, 6.07) is 4.08. The summed E-state index contributed by atoms with van der Waals surface area (Å²) in [6.45, 7) is 8.93. The Bertz CT molecular complexity index is 441. The van der Waals surface area contributed by atoms with Gasteiger partial charge in [0.25, 0.3) is 0 Å². The Morgan fingerprint density at radius 1 is 1.24 bits per heavy atom. The third-order valence-corrected chi connectivity index (χ3v) is 4.22. The molecule has 1 fully saturated rings. The number of piperazine rings is 1. The van der Waals surface area contributed by atoms with Crippen molar-refractivity contribution < 1.29 is 4.79 Å². The molecule has 0 spiro atoms. The zero-order valence-electron chi connectivity index (χ0n) is 13.0. The van der Waals surface area contributed by atoms with Gasteiger partial charge >= 0.3 is 0 Å². The number of aromatic nitrogens is 1. The first-order valence-corrected chi connectivity index (χ1v) is 7.72. The number of carbonyl (C=O) groups is 1. The maximum atomic E-state index is 12.5. The predicted molar refractivity (Wildman–Crippen MR) is 83.5 cm³/mol. The van der Waals surface area contributed by atoms with Crippen molar-refractivity contribution in [2.45, 2.75) is 20.4 Å². The van der Waals surface area contributed by atoms with Crippen LogP contribution in [0, 0.1) is 11.8 Å². The first-order chi connectivity index (χ1) is 10.1. The van der Waals surface area contributed by atoms with Crippen LogP contribution in [0.5, 0.6) is 0 Å². The van der Waals surface area contributed by atoms with Crippen LogP contribution in [0.1, 0.15) is 19.4 Å². The van der Waals surface area contributed by atoms with Gasteiger partial charge in [0, 0.05) is 51.7 Å². The molecule has 21 heavy (non-hydrogen) atoms. The van der Waals surface area contributed by atoms with Crippen molar-refractivity contribution in [1.29, 1.82) is 0 Å². The Labute approximate surface area is 127 Å². The van der Waals surface area contributed by atoms with Crippen LogP contribution in [0.4, 0.5) is 0 Å². The molecule has 1 aliphatic heterocycles. The average molecular weight is 290 g/mol. The van der Waals surface area contributed by atoms with E-state index in [-0.39, 0.29) is 11.8 Å². The van der Waals surface area contributed by atoms with Gasteiger partial charge in [-0.1, -0.05) is 13.8 Å². The van der Waals surface area contributed by atoms with Crippen LogP contribution >= 0.6 is 0 Å². The fourth-order valence-electron chi connectivity index (χ4n) is 2.77. The number of hydrogen-bond acceptors (Lipinski definition) is 4. The molecule has 1 amide bonds. The molecule has 0 bridgehead atoms. The second-order valence-corrected chi connectivity index (χ2v) is 6.04. The highest BCUT2D eigenvalue weighted by molar-refractivity contribution is 5.79. The number of nitrogens with zero attached hydrogens (tertiary/aromatic N) is 3. The molecule has 0 saturated carbocycles. The molecule has 2 N–H and O–H groups in total. The average Bonchev–Trinajstić information content (AvgIpc) is 2.49. The SMILES string of the molecule is CC(C)C(CN)C(=O)N1CCN(Cc2ccncc2)CC1. The van der Waals surface area contributed by atoms with Gasteiger partial charge in [-0.2, -0.15) is 0 Å². The fourth-order valence-corrected chi connectivity index (χ4v) is 2.77. The Morgan fingerprint density at radius 3 is 2.38 bits per heavy atom. The van der Waals surface area contributed by atoms with Gasteiger partial charge in [-0.15, -0.1) is 0 Å². The van der Waals surface area contributed by atoms with E-state index in [4.69, 9.17) is 5.73 Å². The molecule has 116 valence electrons. The number of pyridine rings is 1. The van der Waals surface area contributed by atoms with Crippen molar-refractivity contribution in [3.8, 4) is 0 Å². The molecule has 1 aliphatic rings. The van der Waals surface area contributed by atoms with Gasteiger partial charge in [-0.05, 0) is 23.6 Å². The van der Waals surface area contributed by atoms with Crippen molar-refractivity contribution in [2.24, 2.45) is 17.6 Å². The van der Waals surface area contributed by atoms with Gasteiger partial charge in [0.15, 0.2) is 0 Å². The Balaban J connectivity index is 1.84. The third kappa shape index (κ3) is 4.25. The molecule has 1 saturated heterocycles. The largest absolute Gasteiger partial charge is 0.340 e. The van der Waals surface area contributed by atoms with E-state index in [9.17, 15) is 4.79 Å². The van der Waals surface area contributed by atoms with Crippen molar-refractivity contribution >= 4 is 5.91 Å². The zero-order valence-corrected chi connectivity index (χ0v) is 13.0. The summed E-state index contributed by atoms with van der Waals surface area (Å²) in [6.07, 6.45) is 3.65. The van der Waals surface area contributed by atoms with E-state index in [1.165, 1.54) is 5.56 Å². The summed E-state index contributed by atoms with van der Waals surface area (Å²) < 4.78 is 0. The highest BCUT2D eigenvalue weighted by Gasteiger charge is 2.28. The maximum Gasteiger partial charge on any atom is 0.227 e. The second kappa shape index (κ2) is 7.52. The lowest BCUT2D eigenvalue weighted by Crippen LogP contribution is -2.51. The Morgan fingerprint density at radius 2 is 1.86 bits per heavy atom. The number of hydrogen-bond donors (Lipinski definition) is 1. The van der Waals surface area contributed by atoms with Crippen LogP contribution in [0.25, 0.3) is 0 Å². The van der Waals surface area contributed by atoms with Crippen LogP contribution in [0.3, 0.4) is 0 Å². The first kappa shape index (κ1) is 15.9. The molecule has 1 aromatic rings. The van der Waals surface area contributed by atoms with E-state index in [1.807, 2.05) is 29.4 Å². The van der Waals surface area contributed by atoms with Crippen molar-refractivity contribution in [3.05, 3.63) is 30.1 Å². The first-order valence-electron chi connectivity index (χ1n) is 7.72. The smallest absolute Gasteiger partial charge is 0.227 e. The minimum Gasteiger partial charge on any atom is -0.340 e.